The molecule has 0 spiro atoms. The molecule has 0 fully saturated rings. The highest BCUT2D eigenvalue weighted by atomic mass is 79.9. The van der Waals surface area contributed by atoms with Gasteiger partial charge in [-0.3, -0.25) is 19.3 Å². The predicted octanol–water partition coefficient (Wildman–Crippen LogP) is 4.11. The molecule has 0 bridgehead atoms. The Labute approximate surface area is 188 Å². The highest BCUT2D eigenvalue weighted by Crippen LogP contribution is 2.40. The number of primary amides is 1. The number of rotatable bonds is 7. The summed E-state index contributed by atoms with van der Waals surface area (Å²) in [6, 6.07) is 18.1. The number of urea groups is 1. The maximum absolute atomic E-state index is 12.4. The monoisotopic (exact) mass is 504 g/mol. The van der Waals surface area contributed by atoms with Gasteiger partial charge in [-0.2, -0.15) is 0 Å². The van der Waals surface area contributed by atoms with Gasteiger partial charge in [0.15, 0.2) is 0 Å². The molecule has 3 rings (SSSR count). The number of thiol groups is 1. The van der Waals surface area contributed by atoms with E-state index in [1.54, 1.807) is 54.6 Å². The van der Waals surface area contributed by atoms with Gasteiger partial charge in [-0.1, -0.05) is 42.5 Å². The summed E-state index contributed by atoms with van der Waals surface area (Å²) < 4.78 is 25.9. The fraction of sp³-hybridized carbons (Fsp3) is 0.0500. The lowest BCUT2D eigenvalue weighted by molar-refractivity contribution is -0.384. The lowest BCUT2D eigenvalue weighted by Gasteiger charge is -2.28. The molecule has 0 saturated heterocycles. The van der Waals surface area contributed by atoms with Crippen LogP contribution in [0.4, 0.5) is 27.5 Å². The van der Waals surface area contributed by atoms with Crippen LogP contribution in [-0.4, -0.2) is 19.4 Å². The third-order valence-electron chi connectivity index (χ3n) is 4.37. The van der Waals surface area contributed by atoms with Gasteiger partial charge in [0.1, 0.15) is 0 Å². The minimum atomic E-state index is -3.21. The minimum Gasteiger partial charge on any atom is -0.351 e. The number of hydrogen-bond acceptors (Lipinski definition) is 5. The van der Waals surface area contributed by atoms with Crippen LogP contribution >= 0.6 is 15.9 Å². The Hall–Kier alpha value is -3.44. The molecule has 11 heteroatoms. The summed E-state index contributed by atoms with van der Waals surface area (Å²) in [5.74, 6) is 0. The van der Waals surface area contributed by atoms with Crippen molar-refractivity contribution in [2.75, 3.05) is 9.21 Å². The van der Waals surface area contributed by atoms with Crippen molar-refractivity contribution in [1.29, 1.82) is 0 Å². The number of nitrogens with zero attached hydrogens (tertiary/aromatic N) is 3. The molecule has 0 saturated carbocycles. The van der Waals surface area contributed by atoms with Crippen LogP contribution in [0.25, 0.3) is 0 Å². The normalized spacial score (nSPS) is 10.6. The average molecular weight is 505 g/mol. The van der Waals surface area contributed by atoms with E-state index in [9.17, 15) is 23.3 Å². The summed E-state index contributed by atoms with van der Waals surface area (Å²) in [6.07, 6.45) is 0. The molecule has 2 amide bonds. The molecule has 0 aliphatic heterocycles. The van der Waals surface area contributed by atoms with E-state index >= 15 is 0 Å². The SMILES string of the molecule is NC(=O)N(c1ccccc1Br)c1ccc([N+](=O)[O-])cc1N(Cc1ccccc1)[SH](=O)=O. The number of nitrogens with two attached hydrogens (primary N) is 1. The van der Waals surface area contributed by atoms with E-state index in [4.69, 9.17) is 5.73 Å². The Morgan fingerprint density at radius 2 is 1.61 bits per heavy atom. The van der Waals surface area contributed by atoms with Crippen molar-refractivity contribution in [3.63, 3.8) is 0 Å². The quantitative estimate of drug-likeness (QED) is 0.284. The third-order valence-corrected chi connectivity index (χ3v) is 5.80. The molecule has 3 aromatic rings. The molecule has 0 unspecified atom stereocenters. The summed E-state index contributed by atoms with van der Waals surface area (Å²) in [5.41, 5.74) is 6.34. The van der Waals surface area contributed by atoms with Gasteiger partial charge in [-0.15, -0.1) is 0 Å². The molecule has 2 N–H and O–H groups in total. The number of halogens is 1. The summed E-state index contributed by atoms with van der Waals surface area (Å²) in [6.45, 7) is -0.0870. The lowest BCUT2D eigenvalue weighted by Crippen LogP contribution is -2.33. The van der Waals surface area contributed by atoms with Crippen molar-refractivity contribution in [2.24, 2.45) is 5.73 Å². The van der Waals surface area contributed by atoms with Gasteiger partial charge in [0.05, 0.1) is 28.5 Å². The first-order valence-corrected chi connectivity index (χ1v) is 10.8. The Morgan fingerprint density at radius 3 is 2.19 bits per heavy atom. The van der Waals surface area contributed by atoms with Crippen LogP contribution in [-0.2, 0) is 17.4 Å². The second-order valence-electron chi connectivity index (χ2n) is 6.34. The first-order chi connectivity index (χ1) is 14.8. The Bertz CT molecular complexity index is 1200. The molecule has 31 heavy (non-hydrogen) atoms. The van der Waals surface area contributed by atoms with Crippen molar-refractivity contribution in [3.8, 4) is 0 Å². The fourth-order valence-corrected chi connectivity index (χ4v) is 4.09. The van der Waals surface area contributed by atoms with Crippen LogP contribution in [0.1, 0.15) is 5.56 Å². The zero-order valence-electron chi connectivity index (χ0n) is 15.9. The number of amides is 2. The summed E-state index contributed by atoms with van der Waals surface area (Å²) in [4.78, 5) is 24.2. The van der Waals surface area contributed by atoms with E-state index in [1.165, 1.54) is 12.1 Å². The summed E-state index contributed by atoms with van der Waals surface area (Å²) in [5, 5.41) is 11.4. The maximum atomic E-state index is 12.4. The molecular formula is C20H17BrN4O5S. The molecule has 3 aromatic carbocycles. The average Bonchev–Trinajstić information content (AvgIpc) is 2.74. The largest absolute Gasteiger partial charge is 0.351 e. The van der Waals surface area contributed by atoms with Crippen molar-refractivity contribution in [3.05, 3.63) is 92.9 Å². The summed E-state index contributed by atoms with van der Waals surface area (Å²) in [7, 11) is -3.21. The van der Waals surface area contributed by atoms with Crippen molar-refractivity contribution >= 4 is 55.6 Å². The Morgan fingerprint density at radius 1 is 0.968 bits per heavy atom. The van der Waals surface area contributed by atoms with Crippen molar-refractivity contribution in [2.45, 2.75) is 6.54 Å². The van der Waals surface area contributed by atoms with Gasteiger partial charge < -0.3 is 5.73 Å². The van der Waals surface area contributed by atoms with Crippen LogP contribution in [0, 0.1) is 10.1 Å². The number of non-ortho nitro benzene ring substituents is 1. The molecule has 0 aliphatic carbocycles. The number of carbonyl (C=O) groups excluding carboxylic acids is 1. The number of nitro groups is 1. The van der Waals surface area contributed by atoms with Crippen LogP contribution in [0.15, 0.2) is 77.3 Å². The van der Waals surface area contributed by atoms with E-state index in [1.807, 2.05) is 0 Å². The fourth-order valence-electron chi connectivity index (χ4n) is 3.01. The number of anilines is 3. The van der Waals surface area contributed by atoms with Crippen molar-refractivity contribution in [1.82, 2.24) is 0 Å². The topological polar surface area (TPSA) is 127 Å². The van der Waals surface area contributed by atoms with E-state index in [2.05, 4.69) is 15.9 Å². The van der Waals surface area contributed by atoms with Gasteiger partial charge >= 0.3 is 6.03 Å². The van der Waals surface area contributed by atoms with Crippen LogP contribution in [0.2, 0.25) is 0 Å². The number of para-hydroxylation sites is 1. The Balaban J connectivity index is 2.24. The molecular weight excluding hydrogens is 488 g/mol. The maximum Gasteiger partial charge on any atom is 0.323 e. The number of carbonyl (C=O) groups is 1. The van der Waals surface area contributed by atoms with Crippen LogP contribution in [0.5, 0.6) is 0 Å². The van der Waals surface area contributed by atoms with E-state index in [0.29, 0.717) is 15.7 Å². The molecule has 160 valence electrons. The van der Waals surface area contributed by atoms with Crippen LogP contribution < -0.4 is 14.9 Å². The predicted molar refractivity (Wildman–Crippen MR) is 122 cm³/mol. The van der Waals surface area contributed by atoms with Gasteiger partial charge in [-0.25, -0.2) is 13.2 Å². The molecule has 0 radical (unpaired) electrons. The highest BCUT2D eigenvalue weighted by Gasteiger charge is 2.26. The molecule has 0 atom stereocenters. The smallest absolute Gasteiger partial charge is 0.323 e. The standard InChI is InChI=1S/C20H17BrN4O5S/c21-16-8-4-5-9-17(16)24(20(22)26)18-11-10-15(25(27)28)12-19(18)23(31(29)30)13-14-6-2-1-3-7-14/h1-12,31H,13H2,(H2,22,26). The van der Waals surface area contributed by atoms with Gasteiger partial charge in [0.25, 0.3) is 5.69 Å². The third kappa shape index (κ3) is 5.01. The van der Waals surface area contributed by atoms with Gasteiger partial charge in [-0.05, 0) is 39.7 Å². The van der Waals surface area contributed by atoms with E-state index < -0.39 is 21.8 Å². The second kappa shape index (κ2) is 9.58. The zero-order valence-corrected chi connectivity index (χ0v) is 18.4. The highest BCUT2D eigenvalue weighted by molar-refractivity contribution is 9.10. The second-order valence-corrected chi connectivity index (χ2v) is 8.15. The van der Waals surface area contributed by atoms with Crippen molar-refractivity contribution < 1.29 is 18.1 Å². The van der Waals surface area contributed by atoms with E-state index in [-0.39, 0.29) is 23.6 Å². The van der Waals surface area contributed by atoms with E-state index in [0.717, 1.165) is 15.3 Å². The number of hydrogen-bond donors (Lipinski definition) is 2. The molecule has 0 heterocycles. The van der Waals surface area contributed by atoms with Gasteiger partial charge in [0.2, 0.25) is 10.9 Å². The zero-order chi connectivity index (χ0) is 22.5. The summed E-state index contributed by atoms with van der Waals surface area (Å²) >= 11 is 3.35. The van der Waals surface area contributed by atoms with Gasteiger partial charge in [0, 0.05) is 16.6 Å². The first kappa shape index (κ1) is 22.2. The number of benzene rings is 3. The Kier molecular flexibility index (Phi) is 6.88. The minimum absolute atomic E-state index is 0.0521. The first-order valence-electron chi connectivity index (χ1n) is 8.88. The molecule has 9 nitrogen and oxygen atoms in total. The van der Waals surface area contributed by atoms with Crippen LogP contribution in [0.3, 0.4) is 0 Å². The molecule has 0 aromatic heterocycles. The number of nitro benzene ring substituents is 1. The molecule has 0 aliphatic rings. The lowest BCUT2D eigenvalue weighted by atomic mass is 10.1.